The molecule has 0 radical (unpaired) electrons. The van der Waals surface area contributed by atoms with Gasteiger partial charge in [-0.05, 0) is 43.0 Å². The van der Waals surface area contributed by atoms with E-state index in [1.54, 1.807) is 0 Å². The van der Waals surface area contributed by atoms with Crippen LogP contribution >= 0.6 is 0 Å². The van der Waals surface area contributed by atoms with Crippen LogP contribution in [0.5, 0.6) is 0 Å². The van der Waals surface area contributed by atoms with Gasteiger partial charge in [0, 0.05) is 19.6 Å². The number of hydrogen-bond donors (Lipinski definition) is 1. The number of nitrogens with zero attached hydrogens (tertiary/aromatic N) is 1. The molecule has 110 valence electrons. The van der Waals surface area contributed by atoms with E-state index in [2.05, 4.69) is 60.5 Å². The van der Waals surface area contributed by atoms with Crippen LogP contribution in [0.3, 0.4) is 0 Å². The second-order valence-electron chi connectivity index (χ2n) is 5.96. The summed E-state index contributed by atoms with van der Waals surface area (Å²) in [5.74, 6) is 0.615. The molecule has 0 amide bonds. The Hall–Kier alpha value is -1.12. The lowest BCUT2D eigenvalue weighted by atomic mass is 10.0. The third-order valence-corrected chi connectivity index (χ3v) is 3.96. The third kappa shape index (κ3) is 5.10. The fourth-order valence-electron chi connectivity index (χ4n) is 2.59. The molecule has 20 heavy (non-hydrogen) atoms. The Bertz CT molecular complexity index is 398. The molecule has 0 aromatic heterocycles. The van der Waals surface area contributed by atoms with Gasteiger partial charge in [0.2, 0.25) is 0 Å². The Morgan fingerprint density at radius 2 is 1.95 bits per heavy atom. The van der Waals surface area contributed by atoms with Gasteiger partial charge in [-0.2, -0.15) is 0 Å². The highest BCUT2D eigenvalue weighted by molar-refractivity contribution is 5.49. The second-order valence-corrected chi connectivity index (χ2v) is 5.96. The minimum absolute atomic E-state index is 0.615. The van der Waals surface area contributed by atoms with Gasteiger partial charge >= 0.3 is 0 Å². The fraction of sp³-hybridized carbons (Fsp3) is 0.556. The predicted molar refractivity (Wildman–Crippen MR) is 88.1 cm³/mol. The molecule has 1 fully saturated rings. The van der Waals surface area contributed by atoms with Crippen LogP contribution in [0.15, 0.2) is 30.3 Å². The van der Waals surface area contributed by atoms with Crippen molar-refractivity contribution in [1.82, 2.24) is 10.2 Å². The van der Waals surface area contributed by atoms with Crippen LogP contribution in [0.4, 0.5) is 0 Å². The zero-order valence-electron chi connectivity index (χ0n) is 12.9. The maximum atomic E-state index is 3.45. The molecule has 2 rings (SSSR count). The Morgan fingerprint density at radius 1 is 1.15 bits per heavy atom. The van der Waals surface area contributed by atoms with Gasteiger partial charge in [-0.15, -0.1) is 0 Å². The first-order chi connectivity index (χ1) is 9.75. The van der Waals surface area contributed by atoms with Crippen LogP contribution in [0.25, 0.3) is 6.08 Å². The van der Waals surface area contributed by atoms with Gasteiger partial charge in [0.25, 0.3) is 0 Å². The Morgan fingerprint density at radius 3 is 2.70 bits per heavy atom. The van der Waals surface area contributed by atoms with Crippen molar-refractivity contribution in [3.05, 3.63) is 41.5 Å². The normalized spacial score (nSPS) is 17.8. The summed E-state index contributed by atoms with van der Waals surface area (Å²) < 4.78 is 0. The summed E-state index contributed by atoms with van der Waals surface area (Å²) >= 11 is 0. The van der Waals surface area contributed by atoms with Gasteiger partial charge < -0.3 is 10.2 Å². The quantitative estimate of drug-likeness (QED) is 0.882. The van der Waals surface area contributed by atoms with E-state index in [9.17, 15) is 0 Å². The molecule has 0 saturated carbocycles. The van der Waals surface area contributed by atoms with Gasteiger partial charge in [-0.25, -0.2) is 0 Å². The molecular weight excluding hydrogens is 244 g/mol. The van der Waals surface area contributed by atoms with Crippen LogP contribution in [0.1, 0.15) is 43.7 Å². The summed E-state index contributed by atoms with van der Waals surface area (Å²) in [7, 11) is 0. The highest BCUT2D eigenvalue weighted by atomic mass is 15.1. The molecule has 1 aliphatic heterocycles. The molecular formula is C18H28N2. The number of hydrogen-bond acceptors (Lipinski definition) is 2. The third-order valence-electron chi connectivity index (χ3n) is 3.96. The predicted octanol–water partition coefficient (Wildman–Crippen LogP) is 3.51. The van der Waals surface area contributed by atoms with Gasteiger partial charge in [0.15, 0.2) is 0 Å². The minimum Gasteiger partial charge on any atom is -0.315 e. The van der Waals surface area contributed by atoms with Crippen molar-refractivity contribution < 1.29 is 0 Å². The molecule has 1 N–H and O–H groups in total. The summed E-state index contributed by atoms with van der Waals surface area (Å²) in [5, 5.41) is 3.45. The summed E-state index contributed by atoms with van der Waals surface area (Å²) in [6, 6.07) is 8.93. The maximum Gasteiger partial charge on any atom is 0.0107 e. The molecule has 2 nitrogen and oxygen atoms in total. The zero-order valence-corrected chi connectivity index (χ0v) is 12.9. The molecule has 0 unspecified atom stereocenters. The average Bonchev–Trinajstić information content (AvgIpc) is 2.73. The first-order valence-corrected chi connectivity index (χ1v) is 7.95. The lowest BCUT2D eigenvalue weighted by Crippen LogP contribution is -2.28. The number of benzene rings is 1. The van der Waals surface area contributed by atoms with E-state index < -0.39 is 0 Å². The monoisotopic (exact) mass is 272 g/mol. The topological polar surface area (TPSA) is 15.3 Å². The molecule has 0 aliphatic carbocycles. The van der Waals surface area contributed by atoms with Crippen LogP contribution < -0.4 is 5.32 Å². The van der Waals surface area contributed by atoms with E-state index in [1.807, 2.05) is 0 Å². The minimum atomic E-state index is 0.615. The van der Waals surface area contributed by atoms with E-state index in [0.717, 1.165) is 13.0 Å². The Kier molecular flexibility index (Phi) is 6.28. The average molecular weight is 272 g/mol. The Balaban J connectivity index is 1.75. The van der Waals surface area contributed by atoms with E-state index >= 15 is 0 Å². The molecule has 1 aromatic rings. The van der Waals surface area contributed by atoms with Crippen molar-refractivity contribution in [3.63, 3.8) is 0 Å². The van der Waals surface area contributed by atoms with Gasteiger partial charge in [-0.1, -0.05) is 50.3 Å². The summed E-state index contributed by atoms with van der Waals surface area (Å²) in [6.45, 7) is 10.4. The van der Waals surface area contributed by atoms with Crippen molar-refractivity contribution >= 4 is 6.08 Å². The van der Waals surface area contributed by atoms with Crippen molar-refractivity contribution in [2.45, 2.75) is 32.6 Å². The summed E-state index contributed by atoms with van der Waals surface area (Å²) in [5.41, 5.74) is 2.73. The molecule has 0 atom stereocenters. The lowest BCUT2D eigenvalue weighted by molar-refractivity contribution is 0.298. The smallest absolute Gasteiger partial charge is 0.0107 e. The number of rotatable bonds is 5. The SMILES string of the molecule is CC(C)c1ccc(/C=C/CCN2CCCNCC2)cc1. The zero-order chi connectivity index (χ0) is 14.2. The summed E-state index contributed by atoms with van der Waals surface area (Å²) in [4.78, 5) is 2.56. The standard InChI is InChI=1S/C18H28N2/c1-16(2)18-9-7-17(8-10-18)6-3-4-13-20-14-5-11-19-12-15-20/h3,6-10,16,19H,4-5,11-15H2,1-2H3/b6-3+. The van der Waals surface area contributed by atoms with Crippen LogP contribution in [-0.4, -0.2) is 37.6 Å². The van der Waals surface area contributed by atoms with Crippen LogP contribution in [0.2, 0.25) is 0 Å². The van der Waals surface area contributed by atoms with Crippen LogP contribution in [0, 0.1) is 0 Å². The largest absolute Gasteiger partial charge is 0.315 e. The Labute approximate surface area is 123 Å². The molecule has 0 spiro atoms. The van der Waals surface area contributed by atoms with Gasteiger partial charge in [0.05, 0.1) is 0 Å². The van der Waals surface area contributed by atoms with E-state index in [4.69, 9.17) is 0 Å². The van der Waals surface area contributed by atoms with Crippen molar-refractivity contribution in [2.75, 3.05) is 32.7 Å². The fourth-order valence-corrected chi connectivity index (χ4v) is 2.59. The molecule has 0 bridgehead atoms. The maximum absolute atomic E-state index is 3.45. The first kappa shape index (κ1) is 15.3. The second kappa shape index (κ2) is 8.23. The lowest BCUT2D eigenvalue weighted by Gasteiger charge is -2.17. The highest BCUT2D eigenvalue weighted by Crippen LogP contribution is 2.15. The number of nitrogens with one attached hydrogen (secondary N) is 1. The van der Waals surface area contributed by atoms with Crippen molar-refractivity contribution in [1.29, 1.82) is 0 Å². The molecule has 2 heteroatoms. The molecule has 1 aromatic carbocycles. The van der Waals surface area contributed by atoms with Crippen molar-refractivity contribution in [2.24, 2.45) is 0 Å². The summed E-state index contributed by atoms with van der Waals surface area (Å²) in [6.07, 6.45) is 6.98. The van der Waals surface area contributed by atoms with Gasteiger partial charge in [0.1, 0.15) is 0 Å². The van der Waals surface area contributed by atoms with E-state index in [0.29, 0.717) is 5.92 Å². The first-order valence-electron chi connectivity index (χ1n) is 7.95. The van der Waals surface area contributed by atoms with E-state index in [1.165, 1.54) is 43.7 Å². The van der Waals surface area contributed by atoms with Crippen LogP contribution in [-0.2, 0) is 0 Å². The van der Waals surface area contributed by atoms with E-state index in [-0.39, 0.29) is 0 Å². The highest BCUT2D eigenvalue weighted by Gasteiger charge is 2.06. The van der Waals surface area contributed by atoms with Gasteiger partial charge in [-0.3, -0.25) is 0 Å². The molecule has 1 saturated heterocycles. The molecule has 1 heterocycles. The van der Waals surface area contributed by atoms with Crippen molar-refractivity contribution in [3.8, 4) is 0 Å². The molecule has 1 aliphatic rings.